The molecule has 2 saturated heterocycles. The number of carbonyl (C=O) groups excluding carboxylic acids is 2. The van der Waals surface area contributed by atoms with Crippen LogP contribution in [0.1, 0.15) is 36.3 Å². The van der Waals surface area contributed by atoms with Crippen molar-refractivity contribution in [3.8, 4) is 0 Å². The normalized spacial score (nSPS) is 30.4. The number of carbonyl (C=O) groups is 2. The molecule has 0 bridgehead atoms. The van der Waals surface area contributed by atoms with Crippen LogP contribution in [0.4, 0.5) is 0 Å². The fourth-order valence-corrected chi connectivity index (χ4v) is 3.55. The number of benzene rings is 1. The maximum atomic E-state index is 12.4. The zero-order chi connectivity index (χ0) is 14.2. The van der Waals surface area contributed by atoms with Crippen molar-refractivity contribution >= 4 is 11.8 Å². The van der Waals surface area contributed by atoms with Gasteiger partial charge in [-0.1, -0.05) is 29.8 Å². The summed E-state index contributed by atoms with van der Waals surface area (Å²) >= 11 is 0. The van der Waals surface area contributed by atoms with Gasteiger partial charge in [-0.25, -0.2) is 0 Å². The topological polar surface area (TPSA) is 55.4 Å². The van der Waals surface area contributed by atoms with Gasteiger partial charge in [0.15, 0.2) is 0 Å². The van der Waals surface area contributed by atoms with E-state index in [0.29, 0.717) is 13.0 Å². The average molecular weight is 273 g/mol. The molecule has 4 nitrogen and oxygen atoms in total. The van der Waals surface area contributed by atoms with Crippen molar-refractivity contribution in [3.63, 3.8) is 0 Å². The Balaban J connectivity index is 2.03. The van der Waals surface area contributed by atoms with E-state index in [1.54, 1.807) is 0 Å². The number of aryl methyl sites for hydroxylation is 1. The van der Waals surface area contributed by atoms with Crippen LogP contribution in [0, 0.1) is 12.3 Å². The van der Waals surface area contributed by atoms with Gasteiger partial charge >= 0.3 is 0 Å². The molecule has 2 amide bonds. The fourth-order valence-electron chi connectivity index (χ4n) is 3.55. The summed E-state index contributed by atoms with van der Waals surface area (Å²) in [6, 6.07) is 7.99. The van der Waals surface area contributed by atoms with Crippen LogP contribution in [0.15, 0.2) is 24.3 Å². The first-order valence-corrected chi connectivity index (χ1v) is 7.09. The highest BCUT2D eigenvalue weighted by atomic mass is 16.5. The molecule has 2 heterocycles. The smallest absolute Gasteiger partial charge is 0.234 e. The number of rotatable bonds is 1. The van der Waals surface area contributed by atoms with E-state index in [4.69, 9.17) is 4.74 Å². The zero-order valence-electron chi connectivity index (χ0n) is 11.6. The van der Waals surface area contributed by atoms with Crippen molar-refractivity contribution < 1.29 is 14.3 Å². The highest BCUT2D eigenvalue weighted by Gasteiger charge is 2.50. The van der Waals surface area contributed by atoms with Gasteiger partial charge in [0, 0.05) is 18.4 Å². The van der Waals surface area contributed by atoms with Crippen LogP contribution < -0.4 is 5.32 Å². The Hall–Kier alpha value is -1.68. The predicted octanol–water partition coefficient (Wildman–Crippen LogP) is 1.92. The zero-order valence-corrected chi connectivity index (χ0v) is 11.6. The van der Waals surface area contributed by atoms with Crippen molar-refractivity contribution in [1.82, 2.24) is 5.32 Å². The first-order valence-electron chi connectivity index (χ1n) is 7.09. The summed E-state index contributed by atoms with van der Waals surface area (Å²) in [6.07, 6.45) is 2.14. The van der Waals surface area contributed by atoms with Gasteiger partial charge in [0.25, 0.3) is 0 Å². The molecule has 2 atom stereocenters. The van der Waals surface area contributed by atoms with Crippen LogP contribution in [-0.4, -0.2) is 25.0 Å². The van der Waals surface area contributed by atoms with E-state index in [-0.39, 0.29) is 23.1 Å². The van der Waals surface area contributed by atoms with Crippen molar-refractivity contribution in [2.45, 2.75) is 32.1 Å². The third kappa shape index (κ3) is 2.24. The molecule has 0 saturated carbocycles. The lowest BCUT2D eigenvalue weighted by Crippen LogP contribution is -2.53. The van der Waals surface area contributed by atoms with Gasteiger partial charge in [0.1, 0.15) is 0 Å². The van der Waals surface area contributed by atoms with E-state index in [2.05, 4.69) is 5.32 Å². The van der Waals surface area contributed by atoms with Crippen LogP contribution in [0.3, 0.4) is 0 Å². The molecule has 2 aliphatic heterocycles. The Labute approximate surface area is 118 Å². The molecule has 2 unspecified atom stereocenters. The van der Waals surface area contributed by atoms with E-state index in [9.17, 15) is 9.59 Å². The SMILES string of the molecule is Cc1cccc(C2C(=O)NC(=O)CC23CCCOC3)c1. The van der Waals surface area contributed by atoms with E-state index in [1.807, 2.05) is 31.2 Å². The molecule has 2 aliphatic rings. The van der Waals surface area contributed by atoms with Crippen LogP contribution in [0.5, 0.6) is 0 Å². The monoisotopic (exact) mass is 273 g/mol. The van der Waals surface area contributed by atoms with Crippen molar-refractivity contribution in [3.05, 3.63) is 35.4 Å². The number of imide groups is 1. The molecule has 106 valence electrons. The third-order valence-electron chi connectivity index (χ3n) is 4.38. The van der Waals surface area contributed by atoms with Gasteiger partial charge in [-0.05, 0) is 25.3 Å². The quantitative estimate of drug-likeness (QED) is 0.795. The summed E-state index contributed by atoms with van der Waals surface area (Å²) in [5, 5.41) is 2.49. The molecule has 4 heteroatoms. The Bertz CT molecular complexity index is 546. The minimum atomic E-state index is -0.370. The minimum Gasteiger partial charge on any atom is -0.381 e. The lowest BCUT2D eigenvalue weighted by atomic mass is 9.64. The van der Waals surface area contributed by atoms with Gasteiger partial charge in [-0.15, -0.1) is 0 Å². The number of ether oxygens (including phenoxy) is 1. The largest absolute Gasteiger partial charge is 0.381 e. The van der Waals surface area contributed by atoms with Crippen molar-refractivity contribution in [1.29, 1.82) is 0 Å². The summed E-state index contributed by atoms with van der Waals surface area (Å²) in [6.45, 7) is 3.22. The molecule has 1 aromatic carbocycles. The van der Waals surface area contributed by atoms with Crippen LogP contribution in [0.25, 0.3) is 0 Å². The van der Waals surface area contributed by atoms with Crippen LogP contribution in [-0.2, 0) is 14.3 Å². The summed E-state index contributed by atoms with van der Waals surface area (Å²) in [4.78, 5) is 24.2. The number of nitrogens with one attached hydrogen (secondary N) is 1. The third-order valence-corrected chi connectivity index (χ3v) is 4.38. The molecule has 3 rings (SSSR count). The van der Waals surface area contributed by atoms with E-state index in [0.717, 1.165) is 30.6 Å². The highest BCUT2D eigenvalue weighted by molar-refractivity contribution is 6.02. The fraction of sp³-hybridized carbons (Fsp3) is 0.500. The average Bonchev–Trinajstić information content (AvgIpc) is 2.38. The van der Waals surface area contributed by atoms with Gasteiger partial charge in [-0.3, -0.25) is 14.9 Å². The second-order valence-corrected chi connectivity index (χ2v) is 5.95. The van der Waals surface area contributed by atoms with Crippen LogP contribution in [0.2, 0.25) is 0 Å². The van der Waals surface area contributed by atoms with E-state index < -0.39 is 0 Å². The van der Waals surface area contributed by atoms with Crippen LogP contribution >= 0.6 is 0 Å². The number of piperidine rings is 1. The number of amides is 2. The standard InChI is InChI=1S/C16H19NO3/c1-11-4-2-5-12(8-11)14-15(19)17-13(18)9-16(14)6-3-7-20-10-16/h2,4-5,8,14H,3,6-7,9-10H2,1H3,(H,17,18,19). The Morgan fingerprint density at radius 2 is 2.20 bits per heavy atom. The Kier molecular flexibility index (Phi) is 3.34. The van der Waals surface area contributed by atoms with Gasteiger partial charge in [0.2, 0.25) is 11.8 Å². The molecule has 1 N–H and O–H groups in total. The van der Waals surface area contributed by atoms with Gasteiger partial charge in [0.05, 0.1) is 12.5 Å². The maximum Gasteiger partial charge on any atom is 0.234 e. The van der Waals surface area contributed by atoms with Crippen molar-refractivity contribution in [2.24, 2.45) is 5.41 Å². The predicted molar refractivity (Wildman–Crippen MR) is 74.2 cm³/mol. The number of hydrogen-bond acceptors (Lipinski definition) is 3. The molecular weight excluding hydrogens is 254 g/mol. The summed E-state index contributed by atoms with van der Waals surface area (Å²) in [5.41, 5.74) is 1.74. The maximum absolute atomic E-state index is 12.4. The van der Waals surface area contributed by atoms with E-state index >= 15 is 0 Å². The van der Waals surface area contributed by atoms with Crippen molar-refractivity contribution in [2.75, 3.05) is 13.2 Å². The molecule has 0 aromatic heterocycles. The second kappa shape index (κ2) is 5.02. The first kappa shape index (κ1) is 13.3. The summed E-state index contributed by atoms with van der Waals surface area (Å²) in [7, 11) is 0. The number of hydrogen-bond donors (Lipinski definition) is 1. The Morgan fingerprint density at radius 1 is 1.35 bits per heavy atom. The summed E-state index contributed by atoms with van der Waals surface area (Å²) in [5.74, 6) is -0.651. The highest BCUT2D eigenvalue weighted by Crippen LogP contribution is 2.47. The molecule has 0 radical (unpaired) electrons. The molecular formula is C16H19NO3. The molecule has 20 heavy (non-hydrogen) atoms. The molecule has 1 spiro atoms. The van der Waals surface area contributed by atoms with E-state index in [1.165, 1.54) is 0 Å². The molecule has 1 aromatic rings. The van der Waals surface area contributed by atoms with Gasteiger partial charge in [-0.2, -0.15) is 0 Å². The molecule has 2 fully saturated rings. The minimum absolute atomic E-state index is 0.176. The summed E-state index contributed by atoms with van der Waals surface area (Å²) < 4.78 is 5.61. The lowest BCUT2D eigenvalue weighted by Gasteiger charge is -2.44. The Morgan fingerprint density at radius 3 is 2.90 bits per heavy atom. The second-order valence-electron chi connectivity index (χ2n) is 5.95. The lowest BCUT2D eigenvalue weighted by molar-refractivity contribution is -0.146. The molecule has 0 aliphatic carbocycles. The van der Waals surface area contributed by atoms with Gasteiger partial charge < -0.3 is 4.74 Å². The first-order chi connectivity index (χ1) is 9.61.